The molecule has 1 aliphatic heterocycles. The molecular formula is C15H24ClN3O3S. The molecule has 23 heavy (non-hydrogen) atoms. The van der Waals surface area contributed by atoms with Gasteiger partial charge in [0.25, 0.3) is 0 Å². The Morgan fingerprint density at radius 3 is 2.61 bits per heavy atom. The van der Waals surface area contributed by atoms with Crippen LogP contribution in [-0.2, 0) is 21.4 Å². The molecule has 1 saturated heterocycles. The summed E-state index contributed by atoms with van der Waals surface area (Å²) in [6.45, 7) is 1.06. The standard InChI is InChI=1S/C15H23N3O3S.ClH/c1-18(2)22(20,21)14-9-4-3-7-12(14)11-17-15(19)13-8-5-6-10-16-13;/h3-4,7,9,13,16H,5-6,8,10-11H2,1-2H3,(H,17,19);1H. The Balaban J connectivity index is 0.00000264. The number of hydrogen-bond donors (Lipinski definition) is 2. The molecule has 8 heteroatoms. The molecule has 0 bridgehead atoms. The molecule has 1 unspecified atom stereocenters. The van der Waals surface area contributed by atoms with Crippen LogP contribution in [0.5, 0.6) is 0 Å². The first kappa shape index (κ1) is 19.9. The monoisotopic (exact) mass is 361 g/mol. The van der Waals surface area contributed by atoms with E-state index in [4.69, 9.17) is 0 Å². The molecule has 1 amide bonds. The third-order valence-electron chi connectivity index (χ3n) is 3.81. The average molecular weight is 362 g/mol. The van der Waals surface area contributed by atoms with Gasteiger partial charge in [0.05, 0.1) is 10.9 Å². The van der Waals surface area contributed by atoms with Crippen LogP contribution in [0, 0.1) is 0 Å². The van der Waals surface area contributed by atoms with E-state index < -0.39 is 10.0 Å². The van der Waals surface area contributed by atoms with Crippen molar-refractivity contribution in [1.29, 1.82) is 0 Å². The van der Waals surface area contributed by atoms with Gasteiger partial charge in [-0.2, -0.15) is 0 Å². The van der Waals surface area contributed by atoms with Crippen molar-refractivity contribution in [3.8, 4) is 0 Å². The van der Waals surface area contributed by atoms with E-state index in [0.29, 0.717) is 5.56 Å². The van der Waals surface area contributed by atoms with Crippen LogP contribution < -0.4 is 10.6 Å². The Kier molecular flexibility index (Phi) is 7.47. The number of amides is 1. The minimum atomic E-state index is -3.51. The molecule has 6 nitrogen and oxygen atoms in total. The fraction of sp³-hybridized carbons (Fsp3) is 0.533. The quantitative estimate of drug-likeness (QED) is 0.823. The lowest BCUT2D eigenvalue weighted by Gasteiger charge is -2.23. The maximum atomic E-state index is 12.3. The smallest absolute Gasteiger partial charge is 0.242 e. The normalized spacial score (nSPS) is 18.3. The summed E-state index contributed by atoms with van der Waals surface area (Å²) >= 11 is 0. The lowest BCUT2D eigenvalue weighted by Crippen LogP contribution is -2.46. The molecular weight excluding hydrogens is 338 g/mol. The zero-order valence-corrected chi connectivity index (χ0v) is 15.0. The third kappa shape index (κ3) is 4.91. The Labute approximate surface area is 144 Å². The molecule has 1 aromatic carbocycles. The molecule has 0 radical (unpaired) electrons. The summed E-state index contributed by atoms with van der Waals surface area (Å²) < 4.78 is 25.8. The molecule has 130 valence electrons. The van der Waals surface area contributed by atoms with Crippen molar-refractivity contribution in [1.82, 2.24) is 14.9 Å². The summed E-state index contributed by atoms with van der Waals surface area (Å²) in [6, 6.07) is 6.58. The first-order valence-corrected chi connectivity index (χ1v) is 8.88. The number of nitrogens with zero attached hydrogens (tertiary/aromatic N) is 1. The van der Waals surface area contributed by atoms with Gasteiger partial charge in [-0.25, -0.2) is 12.7 Å². The van der Waals surface area contributed by atoms with E-state index in [0.717, 1.165) is 25.8 Å². The summed E-state index contributed by atoms with van der Waals surface area (Å²) in [7, 11) is -0.521. The fourth-order valence-corrected chi connectivity index (χ4v) is 3.59. The Morgan fingerprint density at radius 2 is 2.00 bits per heavy atom. The number of carbonyl (C=O) groups excluding carboxylic acids is 1. The number of benzene rings is 1. The first-order valence-electron chi connectivity index (χ1n) is 7.44. The van der Waals surface area contributed by atoms with Gasteiger partial charge in [0.15, 0.2) is 0 Å². The number of piperidine rings is 1. The third-order valence-corrected chi connectivity index (χ3v) is 5.73. The summed E-state index contributed by atoms with van der Waals surface area (Å²) in [5, 5.41) is 6.02. The molecule has 0 aliphatic carbocycles. The molecule has 1 atom stereocenters. The minimum Gasteiger partial charge on any atom is -0.351 e. The highest BCUT2D eigenvalue weighted by atomic mass is 35.5. The summed E-state index contributed by atoms with van der Waals surface area (Å²) in [5.41, 5.74) is 0.598. The van der Waals surface area contributed by atoms with E-state index in [1.807, 2.05) is 0 Å². The zero-order chi connectivity index (χ0) is 16.2. The van der Waals surface area contributed by atoms with Crippen molar-refractivity contribution in [2.75, 3.05) is 20.6 Å². The Morgan fingerprint density at radius 1 is 1.30 bits per heavy atom. The number of halogens is 1. The molecule has 0 spiro atoms. The van der Waals surface area contributed by atoms with Crippen molar-refractivity contribution >= 4 is 28.3 Å². The van der Waals surface area contributed by atoms with Crippen LogP contribution in [0.1, 0.15) is 24.8 Å². The van der Waals surface area contributed by atoms with Crippen LogP contribution in [0.25, 0.3) is 0 Å². The van der Waals surface area contributed by atoms with Crippen LogP contribution in [-0.4, -0.2) is 45.3 Å². The maximum absolute atomic E-state index is 12.3. The van der Waals surface area contributed by atoms with Crippen LogP contribution in [0.3, 0.4) is 0 Å². The van der Waals surface area contributed by atoms with Crippen LogP contribution in [0.2, 0.25) is 0 Å². The molecule has 1 aromatic rings. The van der Waals surface area contributed by atoms with Gasteiger partial charge in [-0.15, -0.1) is 12.4 Å². The highest BCUT2D eigenvalue weighted by Gasteiger charge is 2.23. The summed E-state index contributed by atoms with van der Waals surface area (Å²) in [4.78, 5) is 12.4. The average Bonchev–Trinajstić information content (AvgIpc) is 2.53. The molecule has 1 heterocycles. The van der Waals surface area contributed by atoms with Crippen molar-refractivity contribution in [3.63, 3.8) is 0 Å². The van der Waals surface area contributed by atoms with Gasteiger partial charge in [0, 0.05) is 20.6 Å². The second-order valence-corrected chi connectivity index (χ2v) is 7.74. The SMILES string of the molecule is CN(C)S(=O)(=O)c1ccccc1CNC(=O)C1CCCCN1.Cl. The second-order valence-electron chi connectivity index (χ2n) is 5.62. The van der Waals surface area contributed by atoms with E-state index >= 15 is 0 Å². The molecule has 1 aliphatic rings. The van der Waals surface area contributed by atoms with Crippen LogP contribution in [0.15, 0.2) is 29.2 Å². The second kappa shape index (κ2) is 8.63. The molecule has 1 fully saturated rings. The molecule has 2 rings (SSSR count). The predicted molar refractivity (Wildman–Crippen MR) is 92.1 cm³/mol. The molecule has 0 aromatic heterocycles. The lowest BCUT2D eigenvalue weighted by molar-refractivity contribution is -0.123. The zero-order valence-electron chi connectivity index (χ0n) is 13.4. The Hall–Kier alpha value is -1.15. The lowest BCUT2D eigenvalue weighted by atomic mass is 10.0. The van der Waals surface area contributed by atoms with E-state index in [1.165, 1.54) is 18.4 Å². The summed E-state index contributed by atoms with van der Waals surface area (Å²) in [6.07, 6.45) is 2.95. The van der Waals surface area contributed by atoms with Gasteiger partial charge in [-0.3, -0.25) is 4.79 Å². The minimum absolute atomic E-state index is 0. The van der Waals surface area contributed by atoms with E-state index in [9.17, 15) is 13.2 Å². The van der Waals surface area contributed by atoms with Crippen molar-refractivity contribution < 1.29 is 13.2 Å². The number of sulfonamides is 1. The van der Waals surface area contributed by atoms with Crippen molar-refractivity contribution in [2.24, 2.45) is 0 Å². The van der Waals surface area contributed by atoms with Crippen LogP contribution >= 0.6 is 12.4 Å². The highest BCUT2D eigenvalue weighted by Crippen LogP contribution is 2.18. The number of carbonyl (C=O) groups is 1. The Bertz CT molecular complexity index is 629. The number of rotatable bonds is 5. The van der Waals surface area contributed by atoms with Crippen LogP contribution in [0.4, 0.5) is 0 Å². The van der Waals surface area contributed by atoms with E-state index in [2.05, 4.69) is 10.6 Å². The van der Waals surface area contributed by atoms with Crippen molar-refractivity contribution in [2.45, 2.75) is 36.7 Å². The highest BCUT2D eigenvalue weighted by molar-refractivity contribution is 7.89. The fourth-order valence-electron chi connectivity index (χ4n) is 2.48. The molecule has 2 N–H and O–H groups in total. The maximum Gasteiger partial charge on any atom is 0.242 e. The van der Waals surface area contributed by atoms with Crippen molar-refractivity contribution in [3.05, 3.63) is 29.8 Å². The van der Waals surface area contributed by atoms with E-state index in [-0.39, 0.29) is 35.8 Å². The predicted octanol–water partition coefficient (Wildman–Crippen LogP) is 1.12. The van der Waals surface area contributed by atoms with E-state index in [1.54, 1.807) is 24.3 Å². The molecule has 0 saturated carbocycles. The van der Waals surface area contributed by atoms with Gasteiger partial charge in [-0.1, -0.05) is 24.6 Å². The number of hydrogen-bond acceptors (Lipinski definition) is 4. The van der Waals surface area contributed by atoms with Gasteiger partial charge >= 0.3 is 0 Å². The van der Waals surface area contributed by atoms with Gasteiger partial charge < -0.3 is 10.6 Å². The topological polar surface area (TPSA) is 78.5 Å². The van der Waals surface area contributed by atoms with Gasteiger partial charge in [0.2, 0.25) is 15.9 Å². The van der Waals surface area contributed by atoms with Gasteiger partial charge in [0.1, 0.15) is 0 Å². The summed E-state index contributed by atoms with van der Waals surface area (Å²) in [5.74, 6) is -0.0724. The van der Waals surface area contributed by atoms with Gasteiger partial charge in [-0.05, 0) is 31.0 Å². The number of nitrogens with one attached hydrogen (secondary N) is 2. The first-order chi connectivity index (χ1) is 10.4. The largest absolute Gasteiger partial charge is 0.351 e.